The molecule has 0 rings (SSSR count). The summed E-state index contributed by atoms with van der Waals surface area (Å²) in [5.74, 6) is 0. The third kappa shape index (κ3) is 17.3. The topological polar surface area (TPSA) is 46.5 Å². The van der Waals surface area contributed by atoms with E-state index in [1.165, 1.54) is 70.6 Å². The highest BCUT2D eigenvalue weighted by atomic mass is 16.7. The van der Waals surface area contributed by atoms with Gasteiger partial charge in [-0.1, -0.05) is 84.0 Å². The van der Waals surface area contributed by atoms with Gasteiger partial charge in [0.05, 0.1) is 6.61 Å². The van der Waals surface area contributed by atoms with Crippen LogP contribution in [-0.4, -0.2) is 17.9 Å². The Morgan fingerprint density at radius 3 is 1.47 bits per heavy atom. The highest BCUT2D eigenvalue weighted by Gasteiger charge is 1.96. The molecule has 0 spiro atoms. The standard InChI is InChI=1S/C16H32O3/c1-2-3-4-5-6-7-8-9-10-11-12-13-14-15-19-16(17)18/h2-15H2,1H3,(H,17,18). The average molecular weight is 272 g/mol. The zero-order valence-electron chi connectivity index (χ0n) is 12.7. The molecular formula is C16H32O3. The van der Waals surface area contributed by atoms with Crippen LogP contribution in [0, 0.1) is 0 Å². The van der Waals surface area contributed by atoms with Crippen LogP contribution in [0.15, 0.2) is 0 Å². The van der Waals surface area contributed by atoms with Gasteiger partial charge in [0.2, 0.25) is 0 Å². The summed E-state index contributed by atoms with van der Waals surface area (Å²) >= 11 is 0. The molecule has 3 nitrogen and oxygen atoms in total. The summed E-state index contributed by atoms with van der Waals surface area (Å²) in [5, 5.41) is 8.28. The number of ether oxygens (including phenoxy) is 1. The van der Waals surface area contributed by atoms with Crippen LogP contribution in [0.1, 0.15) is 90.4 Å². The molecule has 0 radical (unpaired) electrons. The normalized spacial score (nSPS) is 10.6. The lowest BCUT2D eigenvalue weighted by atomic mass is 10.0. The van der Waals surface area contributed by atoms with Crippen molar-refractivity contribution in [2.75, 3.05) is 6.61 Å². The minimum atomic E-state index is -1.15. The molecule has 0 aromatic carbocycles. The highest BCUT2D eigenvalue weighted by Crippen LogP contribution is 2.12. The maximum absolute atomic E-state index is 10.1. The first-order valence-electron chi connectivity index (χ1n) is 8.13. The van der Waals surface area contributed by atoms with E-state index in [1.807, 2.05) is 0 Å². The van der Waals surface area contributed by atoms with Crippen molar-refractivity contribution in [2.24, 2.45) is 0 Å². The van der Waals surface area contributed by atoms with Crippen molar-refractivity contribution in [1.29, 1.82) is 0 Å². The molecule has 0 heterocycles. The van der Waals surface area contributed by atoms with E-state index in [9.17, 15) is 4.79 Å². The van der Waals surface area contributed by atoms with Crippen molar-refractivity contribution < 1.29 is 14.6 Å². The van der Waals surface area contributed by atoms with E-state index in [1.54, 1.807) is 0 Å². The molecule has 0 aliphatic carbocycles. The first-order chi connectivity index (χ1) is 9.27. The number of carbonyl (C=O) groups is 1. The second-order valence-corrected chi connectivity index (χ2v) is 5.36. The summed E-state index contributed by atoms with van der Waals surface area (Å²) < 4.78 is 4.46. The predicted octanol–water partition coefficient (Wildman–Crippen LogP) is 5.77. The van der Waals surface area contributed by atoms with Crippen LogP contribution in [0.3, 0.4) is 0 Å². The molecule has 0 amide bonds. The fourth-order valence-corrected chi connectivity index (χ4v) is 2.28. The summed E-state index contributed by atoms with van der Waals surface area (Å²) in [6.45, 7) is 2.61. The molecule has 0 atom stereocenters. The monoisotopic (exact) mass is 272 g/mol. The van der Waals surface area contributed by atoms with Gasteiger partial charge in [-0.15, -0.1) is 0 Å². The predicted molar refractivity (Wildman–Crippen MR) is 79.7 cm³/mol. The third-order valence-electron chi connectivity index (χ3n) is 3.47. The Labute approximate surface area is 118 Å². The maximum atomic E-state index is 10.1. The van der Waals surface area contributed by atoms with Gasteiger partial charge in [0.25, 0.3) is 0 Å². The molecule has 19 heavy (non-hydrogen) atoms. The first-order valence-corrected chi connectivity index (χ1v) is 8.13. The minimum absolute atomic E-state index is 0.354. The molecule has 114 valence electrons. The number of hydrogen-bond acceptors (Lipinski definition) is 2. The molecule has 0 fully saturated rings. The van der Waals surface area contributed by atoms with Gasteiger partial charge in [0, 0.05) is 0 Å². The van der Waals surface area contributed by atoms with E-state index >= 15 is 0 Å². The quantitative estimate of drug-likeness (QED) is 0.322. The molecule has 0 aromatic rings. The zero-order chi connectivity index (χ0) is 14.2. The van der Waals surface area contributed by atoms with Crippen molar-refractivity contribution in [1.82, 2.24) is 0 Å². The molecule has 0 aliphatic rings. The number of hydrogen-bond donors (Lipinski definition) is 1. The van der Waals surface area contributed by atoms with E-state index < -0.39 is 6.16 Å². The summed E-state index contributed by atoms with van der Waals surface area (Å²) in [5.41, 5.74) is 0. The Morgan fingerprint density at radius 1 is 0.737 bits per heavy atom. The Bertz CT molecular complexity index is 192. The van der Waals surface area contributed by atoms with Gasteiger partial charge in [-0.05, 0) is 6.42 Å². The number of unbranched alkanes of at least 4 members (excludes halogenated alkanes) is 12. The lowest BCUT2D eigenvalue weighted by Crippen LogP contribution is -2.01. The molecule has 1 N–H and O–H groups in total. The van der Waals surface area contributed by atoms with Crippen molar-refractivity contribution >= 4 is 6.16 Å². The highest BCUT2D eigenvalue weighted by molar-refractivity contribution is 5.56. The van der Waals surface area contributed by atoms with Gasteiger partial charge in [-0.2, -0.15) is 0 Å². The van der Waals surface area contributed by atoms with E-state index in [4.69, 9.17) is 5.11 Å². The minimum Gasteiger partial charge on any atom is -0.450 e. The zero-order valence-corrected chi connectivity index (χ0v) is 12.7. The van der Waals surface area contributed by atoms with Crippen LogP contribution in [-0.2, 0) is 4.74 Å². The van der Waals surface area contributed by atoms with Gasteiger partial charge in [0.15, 0.2) is 0 Å². The van der Waals surface area contributed by atoms with E-state index in [2.05, 4.69) is 11.7 Å². The van der Waals surface area contributed by atoms with Crippen molar-refractivity contribution in [3.05, 3.63) is 0 Å². The fourth-order valence-electron chi connectivity index (χ4n) is 2.28. The summed E-state index contributed by atoms with van der Waals surface area (Å²) in [7, 11) is 0. The lowest BCUT2D eigenvalue weighted by molar-refractivity contribution is 0.0899. The molecule has 3 heteroatoms. The molecule has 0 aromatic heterocycles. The molecule has 0 saturated carbocycles. The largest absolute Gasteiger partial charge is 0.505 e. The Kier molecular flexibility index (Phi) is 14.7. The smallest absolute Gasteiger partial charge is 0.450 e. The summed E-state index contributed by atoms with van der Waals surface area (Å²) in [4.78, 5) is 10.1. The maximum Gasteiger partial charge on any atom is 0.505 e. The lowest BCUT2D eigenvalue weighted by Gasteiger charge is -2.03. The summed E-state index contributed by atoms with van der Waals surface area (Å²) in [6, 6.07) is 0. The Hall–Kier alpha value is -0.730. The molecule has 0 unspecified atom stereocenters. The van der Waals surface area contributed by atoms with Crippen molar-refractivity contribution in [3.63, 3.8) is 0 Å². The SMILES string of the molecule is CCCCCCCCCCCCCCCOC(=O)O. The molecule has 0 aliphatic heterocycles. The van der Waals surface area contributed by atoms with Gasteiger partial charge >= 0.3 is 6.16 Å². The van der Waals surface area contributed by atoms with Crippen LogP contribution in [0.25, 0.3) is 0 Å². The van der Waals surface area contributed by atoms with Gasteiger partial charge in [0.1, 0.15) is 0 Å². The van der Waals surface area contributed by atoms with Crippen LogP contribution in [0.2, 0.25) is 0 Å². The molecule has 0 saturated heterocycles. The van der Waals surface area contributed by atoms with Crippen LogP contribution >= 0.6 is 0 Å². The van der Waals surface area contributed by atoms with Crippen LogP contribution in [0.5, 0.6) is 0 Å². The number of carboxylic acid groups (broad SMARTS) is 1. The molecular weight excluding hydrogens is 240 g/mol. The van der Waals surface area contributed by atoms with Crippen molar-refractivity contribution in [3.8, 4) is 0 Å². The summed E-state index contributed by atoms with van der Waals surface area (Å²) in [6.07, 6.45) is 15.7. The second-order valence-electron chi connectivity index (χ2n) is 5.36. The van der Waals surface area contributed by atoms with Crippen molar-refractivity contribution in [2.45, 2.75) is 90.4 Å². The molecule has 0 bridgehead atoms. The number of rotatable bonds is 14. The van der Waals surface area contributed by atoms with E-state index in [-0.39, 0.29) is 0 Å². The third-order valence-corrected chi connectivity index (χ3v) is 3.47. The van der Waals surface area contributed by atoms with Gasteiger partial charge in [-0.3, -0.25) is 0 Å². The van der Waals surface area contributed by atoms with Crippen LogP contribution in [0.4, 0.5) is 4.79 Å². The van der Waals surface area contributed by atoms with Gasteiger partial charge in [-0.25, -0.2) is 4.79 Å². The van der Waals surface area contributed by atoms with Crippen LogP contribution < -0.4 is 0 Å². The van der Waals surface area contributed by atoms with E-state index in [0.717, 1.165) is 12.8 Å². The van der Waals surface area contributed by atoms with E-state index in [0.29, 0.717) is 6.61 Å². The van der Waals surface area contributed by atoms with Gasteiger partial charge < -0.3 is 9.84 Å². The second kappa shape index (κ2) is 15.3. The first kappa shape index (κ1) is 18.3. The fraction of sp³-hybridized carbons (Fsp3) is 0.938. The Morgan fingerprint density at radius 2 is 1.11 bits per heavy atom. The Balaban J connectivity index is 2.93. The average Bonchev–Trinajstić information content (AvgIpc) is 2.39.